The summed E-state index contributed by atoms with van der Waals surface area (Å²) < 4.78 is 0.928. The summed E-state index contributed by atoms with van der Waals surface area (Å²) in [5, 5.41) is 11.7. The molecule has 0 aromatic heterocycles. The van der Waals surface area contributed by atoms with E-state index in [4.69, 9.17) is 5.11 Å². The first kappa shape index (κ1) is 13.6. The topological polar surface area (TPSA) is 66.4 Å². The van der Waals surface area contributed by atoms with Crippen molar-refractivity contribution >= 4 is 45.1 Å². The van der Waals surface area contributed by atoms with Gasteiger partial charge in [-0.2, -0.15) is 0 Å². The van der Waals surface area contributed by atoms with Gasteiger partial charge in [-0.3, -0.25) is 4.79 Å². The number of rotatable bonds is 2. The fraction of sp³-hybridized carbons (Fsp3) is 0. The van der Waals surface area contributed by atoms with Gasteiger partial charge in [-0.15, -0.1) is 0 Å². The first-order valence-corrected chi connectivity index (χ1v) is 7.00. The third-order valence-corrected chi connectivity index (χ3v) is 3.70. The molecule has 1 amide bonds. The van der Waals surface area contributed by atoms with Crippen molar-refractivity contribution in [3.8, 4) is 0 Å². The van der Waals surface area contributed by atoms with Crippen LogP contribution in [0.3, 0.4) is 0 Å². The zero-order chi connectivity index (χ0) is 15.0. The zero-order valence-corrected chi connectivity index (χ0v) is 12.3. The first-order chi connectivity index (χ1) is 10.0. The third kappa shape index (κ3) is 2.60. The molecule has 0 saturated heterocycles. The minimum Gasteiger partial charge on any atom is -0.478 e. The van der Waals surface area contributed by atoms with Crippen LogP contribution >= 0.6 is 15.9 Å². The molecule has 2 aromatic rings. The summed E-state index contributed by atoms with van der Waals surface area (Å²) in [6.45, 7) is 0. The molecule has 0 fully saturated rings. The van der Waals surface area contributed by atoms with Crippen molar-refractivity contribution in [1.29, 1.82) is 0 Å². The van der Waals surface area contributed by atoms with Gasteiger partial charge >= 0.3 is 5.97 Å². The van der Waals surface area contributed by atoms with Gasteiger partial charge in [-0.25, -0.2) is 4.79 Å². The van der Waals surface area contributed by atoms with Gasteiger partial charge < -0.3 is 10.4 Å². The molecular weight excluding hydrogens is 334 g/mol. The van der Waals surface area contributed by atoms with E-state index in [1.54, 1.807) is 12.1 Å². The molecule has 0 radical (unpaired) electrons. The number of benzene rings is 2. The molecule has 5 heteroatoms. The van der Waals surface area contributed by atoms with Crippen LogP contribution in [0.2, 0.25) is 0 Å². The van der Waals surface area contributed by atoms with E-state index >= 15 is 0 Å². The van der Waals surface area contributed by atoms with Crippen LogP contribution in [0.25, 0.3) is 11.6 Å². The molecule has 3 rings (SSSR count). The number of halogens is 1. The Morgan fingerprint density at radius 3 is 2.71 bits per heavy atom. The number of aromatic carboxylic acids is 1. The normalized spacial score (nSPS) is 14.9. The largest absolute Gasteiger partial charge is 0.478 e. The number of hydrogen-bond donors (Lipinski definition) is 2. The van der Waals surface area contributed by atoms with Crippen molar-refractivity contribution in [2.24, 2.45) is 0 Å². The summed E-state index contributed by atoms with van der Waals surface area (Å²) in [5.74, 6) is -1.25. The molecule has 1 heterocycles. The molecule has 0 atom stereocenters. The fourth-order valence-corrected chi connectivity index (χ4v) is 2.65. The van der Waals surface area contributed by atoms with Gasteiger partial charge in [-0.05, 0) is 35.9 Å². The summed E-state index contributed by atoms with van der Waals surface area (Å²) >= 11 is 3.39. The number of carbonyl (C=O) groups is 2. The maximum atomic E-state index is 12.1. The second kappa shape index (κ2) is 5.18. The van der Waals surface area contributed by atoms with Crippen LogP contribution < -0.4 is 5.32 Å². The second-order valence-electron chi connectivity index (χ2n) is 4.63. The number of hydrogen-bond acceptors (Lipinski definition) is 2. The average molecular weight is 344 g/mol. The third-order valence-electron chi connectivity index (χ3n) is 3.21. The van der Waals surface area contributed by atoms with Crippen LogP contribution in [0.4, 0.5) is 5.69 Å². The zero-order valence-electron chi connectivity index (χ0n) is 10.8. The number of carboxylic acid groups (broad SMARTS) is 1. The Morgan fingerprint density at radius 2 is 2.00 bits per heavy atom. The van der Waals surface area contributed by atoms with Crippen LogP contribution in [0.15, 0.2) is 46.9 Å². The van der Waals surface area contributed by atoms with Gasteiger partial charge in [0.2, 0.25) is 0 Å². The lowest BCUT2D eigenvalue weighted by molar-refractivity contribution is -0.110. The molecule has 1 aliphatic rings. The molecule has 1 aliphatic heterocycles. The summed E-state index contributed by atoms with van der Waals surface area (Å²) in [7, 11) is 0. The van der Waals surface area contributed by atoms with Gasteiger partial charge in [0.1, 0.15) is 0 Å². The highest BCUT2D eigenvalue weighted by Gasteiger charge is 2.24. The van der Waals surface area contributed by atoms with Crippen molar-refractivity contribution in [3.63, 3.8) is 0 Å². The van der Waals surface area contributed by atoms with E-state index in [1.807, 2.05) is 24.3 Å². The minimum absolute atomic E-state index is 0.151. The van der Waals surface area contributed by atoms with E-state index in [9.17, 15) is 9.59 Å². The standard InChI is InChI=1S/C16H10BrNO3/c17-11-3-1-2-9(6-11)7-13-12-5-4-10(16(20)21)8-14(12)18-15(13)19/h1-8H,(H,18,19)(H,20,21). The number of fused-ring (bicyclic) bond motifs is 1. The number of nitrogens with one attached hydrogen (secondary N) is 1. The Hall–Kier alpha value is -2.40. The Balaban J connectivity index is 2.07. The van der Waals surface area contributed by atoms with Gasteiger partial charge in [0, 0.05) is 21.3 Å². The number of amides is 1. The highest BCUT2D eigenvalue weighted by Crippen LogP contribution is 2.34. The molecule has 0 unspecified atom stereocenters. The van der Waals surface area contributed by atoms with Gasteiger partial charge in [0.25, 0.3) is 5.91 Å². The highest BCUT2D eigenvalue weighted by atomic mass is 79.9. The maximum Gasteiger partial charge on any atom is 0.335 e. The molecule has 0 aliphatic carbocycles. The Bertz CT molecular complexity index is 796. The molecule has 4 nitrogen and oxygen atoms in total. The lowest BCUT2D eigenvalue weighted by atomic mass is 10.0. The van der Waals surface area contributed by atoms with Gasteiger partial charge in [0.05, 0.1) is 5.56 Å². The predicted octanol–water partition coefficient (Wildman–Crippen LogP) is 3.64. The van der Waals surface area contributed by atoms with Crippen LogP contribution in [0.5, 0.6) is 0 Å². The molecule has 21 heavy (non-hydrogen) atoms. The first-order valence-electron chi connectivity index (χ1n) is 6.21. The van der Waals surface area contributed by atoms with E-state index in [1.165, 1.54) is 12.1 Å². The molecule has 0 bridgehead atoms. The van der Waals surface area contributed by atoms with Crippen LogP contribution in [0.1, 0.15) is 21.5 Å². The van der Waals surface area contributed by atoms with E-state index < -0.39 is 5.97 Å². The summed E-state index contributed by atoms with van der Waals surface area (Å²) in [6.07, 6.45) is 1.78. The summed E-state index contributed by atoms with van der Waals surface area (Å²) in [4.78, 5) is 23.0. The lowest BCUT2D eigenvalue weighted by Gasteiger charge is -2.01. The van der Waals surface area contributed by atoms with E-state index in [2.05, 4.69) is 21.2 Å². The second-order valence-corrected chi connectivity index (χ2v) is 5.55. The molecule has 0 saturated carbocycles. The van der Waals surface area contributed by atoms with E-state index in [0.717, 1.165) is 10.0 Å². The van der Waals surface area contributed by atoms with Gasteiger partial charge in [-0.1, -0.05) is 34.1 Å². The molecule has 2 N–H and O–H groups in total. The molecule has 2 aromatic carbocycles. The monoisotopic (exact) mass is 343 g/mol. The molecular formula is C16H10BrNO3. The number of carboxylic acids is 1. The lowest BCUT2D eigenvalue weighted by Crippen LogP contribution is -2.04. The van der Waals surface area contributed by atoms with Crippen molar-refractivity contribution in [2.75, 3.05) is 5.32 Å². The quantitative estimate of drug-likeness (QED) is 0.818. The smallest absolute Gasteiger partial charge is 0.335 e. The Labute approximate surface area is 129 Å². The van der Waals surface area contributed by atoms with Crippen LogP contribution in [-0.4, -0.2) is 17.0 Å². The summed E-state index contributed by atoms with van der Waals surface area (Å²) in [5.41, 5.74) is 2.81. The number of carbonyl (C=O) groups excluding carboxylic acids is 1. The fourth-order valence-electron chi connectivity index (χ4n) is 2.23. The average Bonchev–Trinajstić information content (AvgIpc) is 2.74. The van der Waals surface area contributed by atoms with Crippen LogP contribution in [0, 0.1) is 0 Å². The molecule has 0 spiro atoms. The summed E-state index contributed by atoms with van der Waals surface area (Å²) in [6, 6.07) is 12.2. The Kier molecular flexibility index (Phi) is 3.35. The Morgan fingerprint density at radius 1 is 1.19 bits per heavy atom. The van der Waals surface area contributed by atoms with Crippen molar-refractivity contribution in [1.82, 2.24) is 0 Å². The predicted molar refractivity (Wildman–Crippen MR) is 84.0 cm³/mol. The van der Waals surface area contributed by atoms with Crippen molar-refractivity contribution in [3.05, 3.63) is 63.6 Å². The highest BCUT2D eigenvalue weighted by molar-refractivity contribution is 9.10. The number of anilines is 1. The SMILES string of the molecule is O=C1Nc2cc(C(=O)O)ccc2C1=Cc1cccc(Br)c1. The van der Waals surface area contributed by atoms with Crippen LogP contribution in [-0.2, 0) is 4.79 Å². The van der Waals surface area contributed by atoms with Crippen molar-refractivity contribution < 1.29 is 14.7 Å². The van der Waals surface area contributed by atoms with Gasteiger partial charge in [0.15, 0.2) is 0 Å². The van der Waals surface area contributed by atoms with E-state index in [0.29, 0.717) is 16.8 Å². The maximum absolute atomic E-state index is 12.1. The van der Waals surface area contributed by atoms with E-state index in [-0.39, 0.29) is 11.5 Å². The minimum atomic E-state index is -1.02. The van der Waals surface area contributed by atoms with Crippen molar-refractivity contribution in [2.45, 2.75) is 0 Å². The molecule has 104 valence electrons.